The molecule has 2 aromatic rings. The number of nitrogens with zero attached hydrogens (tertiary/aromatic N) is 1. The fourth-order valence-corrected chi connectivity index (χ4v) is 2.67. The van der Waals surface area contributed by atoms with Crippen molar-refractivity contribution in [2.75, 3.05) is 17.7 Å². The van der Waals surface area contributed by atoms with Gasteiger partial charge in [-0.15, -0.1) is 0 Å². The smallest absolute Gasteiger partial charge is 0.247 e. The molecule has 2 N–H and O–H groups in total. The zero-order valence-electron chi connectivity index (χ0n) is 15.1. The van der Waals surface area contributed by atoms with Crippen LogP contribution in [0.4, 0.5) is 11.4 Å². The van der Waals surface area contributed by atoms with Gasteiger partial charge in [-0.25, -0.2) is 0 Å². The molecule has 1 aromatic heterocycles. The van der Waals surface area contributed by atoms with Crippen LogP contribution in [0.1, 0.15) is 33.2 Å². The van der Waals surface area contributed by atoms with Gasteiger partial charge in [0.05, 0.1) is 12.8 Å². The first-order valence-electron chi connectivity index (χ1n) is 8.29. The highest BCUT2D eigenvalue weighted by Gasteiger charge is 2.22. The zero-order chi connectivity index (χ0) is 18.4. The van der Waals surface area contributed by atoms with Crippen LogP contribution in [0.25, 0.3) is 0 Å². The van der Waals surface area contributed by atoms with Crippen molar-refractivity contribution < 1.29 is 14.3 Å². The van der Waals surface area contributed by atoms with Gasteiger partial charge in [-0.05, 0) is 42.7 Å². The van der Waals surface area contributed by atoms with E-state index in [0.29, 0.717) is 29.5 Å². The van der Waals surface area contributed by atoms with E-state index in [4.69, 9.17) is 4.74 Å². The van der Waals surface area contributed by atoms with Crippen molar-refractivity contribution in [2.45, 2.75) is 33.2 Å². The Balaban J connectivity index is 2.26. The molecule has 0 spiro atoms. The molecule has 25 heavy (non-hydrogen) atoms. The predicted octanol–water partition coefficient (Wildman–Crippen LogP) is 3.68. The predicted molar refractivity (Wildman–Crippen MR) is 98.9 cm³/mol. The minimum absolute atomic E-state index is 0.122. The molecule has 6 heteroatoms. The van der Waals surface area contributed by atoms with Crippen LogP contribution in [-0.4, -0.2) is 23.5 Å². The molecular weight excluding hydrogens is 318 g/mol. The molecule has 0 unspecified atom stereocenters. The number of carbonyl (C=O) groups is 2. The van der Waals surface area contributed by atoms with Gasteiger partial charge in [0, 0.05) is 25.0 Å². The molecule has 134 valence electrons. The van der Waals surface area contributed by atoms with Crippen molar-refractivity contribution in [3.63, 3.8) is 0 Å². The van der Waals surface area contributed by atoms with Crippen LogP contribution in [0, 0.1) is 5.92 Å². The maximum Gasteiger partial charge on any atom is 0.247 e. The lowest BCUT2D eigenvalue weighted by molar-refractivity contribution is -0.119. The lowest BCUT2D eigenvalue weighted by Gasteiger charge is -2.21. The third kappa shape index (κ3) is 5.11. The molecule has 0 radical (unpaired) electrons. The number of amides is 2. The van der Waals surface area contributed by atoms with Gasteiger partial charge < -0.3 is 19.9 Å². The number of aromatic nitrogens is 1. The van der Waals surface area contributed by atoms with Gasteiger partial charge in [0.15, 0.2) is 0 Å². The highest BCUT2D eigenvalue weighted by molar-refractivity contribution is 5.96. The summed E-state index contributed by atoms with van der Waals surface area (Å²) < 4.78 is 7.23. The molecule has 6 nitrogen and oxygen atoms in total. The highest BCUT2D eigenvalue weighted by Crippen LogP contribution is 2.29. The summed E-state index contributed by atoms with van der Waals surface area (Å²) in [7, 11) is 1.54. The number of hydrogen-bond acceptors (Lipinski definition) is 3. The van der Waals surface area contributed by atoms with Crippen LogP contribution in [0.3, 0.4) is 0 Å². The first-order chi connectivity index (χ1) is 11.9. The Morgan fingerprint density at radius 3 is 2.40 bits per heavy atom. The normalized spacial score (nSPS) is 11.9. The Morgan fingerprint density at radius 1 is 1.16 bits per heavy atom. The van der Waals surface area contributed by atoms with E-state index >= 15 is 0 Å². The van der Waals surface area contributed by atoms with Crippen molar-refractivity contribution in [3.05, 3.63) is 42.7 Å². The van der Waals surface area contributed by atoms with Crippen LogP contribution >= 0.6 is 0 Å². The lowest BCUT2D eigenvalue weighted by atomic mass is 10.0. The van der Waals surface area contributed by atoms with Crippen LogP contribution < -0.4 is 15.4 Å². The average Bonchev–Trinajstić information content (AvgIpc) is 3.06. The summed E-state index contributed by atoms with van der Waals surface area (Å²) in [5.41, 5.74) is 1.13. The number of carbonyl (C=O) groups excluding carboxylic acids is 2. The van der Waals surface area contributed by atoms with Gasteiger partial charge in [0.2, 0.25) is 11.8 Å². The van der Waals surface area contributed by atoms with Crippen molar-refractivity contribution in [1.82, 2.24) is 4.57 Å². The van der Waals surface area contributed by atoms with Crippen molar-refractivity contribution in [3.8, 4) is 5.75 Å². The molecular formula is C19H25N3O3. The molecule has 1 atom stereocenters. The van der Waals surface area contributed by atoms with Crippen molar-refractivity contribution in [1.29, 1.82) is 0 Å². The number of anilines is 2. The number of rotatable bonds is 7. The summed E-state index contributed by atoms with van der Waals surface area (Å²) >= 11 is 0. The molecule has 0 saturated heterocycles. The molecule has 0 fully saturated rings. The third-order valence-electron chi connectivity index (χ3n) is 3.76. The SMILES string of the molecule is COc1ccc(NC(C)=O)cc1NC(=O)[C@@H](CC(C)C)n1cccc1. The van der Waals surface area contributed by atoms with Gasteiger partial charge in [0.1, 0.15) is 11.8 Å². The highest BCUT2D eigenvalue weighted by atomic mass is 16.5. The molecule has 1 heterocycles. The van der Waals surface area contributed by atoms with Crippen LogP contribution in [0.2, 0.25) is 0 Å². The molecule has 0 aliphatic heterocycles. The molecule has 1 aromatic carbocycles. The summed E-state index contributed by atoms with van der Waals surface area (Å²) in [5, 5.41) is 5.64. The van der Waals surface area contributed by atoms with Gasteiger partial charge in [-0.3, -0.25) is 9.59 Å². The summed E-state index contributed by atoms with van der Waals surface area (Å²) in [6.45, 7) is 5.61. The van der Waals surface area contributed by atoms with E-state index in [1.54, 1.807) is 25.3 Å². The first kappa shape index (κ1) is 18.6. The molecule has 2 rings (SSSR count). The molecule has 0 aliphatic rings. The third-order valence-corrected chi connectivity index (χ3v) is 3.76. The molecule has 0 bridgehead atoms. The van der Waals surface area contributed by atoms with E-state index in [1.807, 2.05) is 29.1 Å². The second-order valence-electron chi connectivity index (χ2n) is 6.36. The second-order valence-corrected chi connectivity index (χ2v) is 6.36. The largest absolute Gasteiger partial charge is 0.495 e. The van der Waals surface area contributed by atoms with E-state index in [-0.39, 0.29) is 17.9 Å². The minimum Gasteiger partial charge on any atom is -0.495 e. The summed E-state index contributed by atoms with van der Waals surface area (Å²) in [5.74, 6) is 0.611. The fraction of sp³-hybridized carbons (Fsp3) is 0.368. The first-order valence-corrected chi connectivity index (χ1v) is 8.29. The van der Waals surface area contributed by atoms with E-state index in [9.17, 15) is 9.59 Å². The number of nitrogens with one attached hydrogen (secondary N) is 2. The fourth-order valence-electron chi connectivity index (χ4n) is 2.67. The molecule has 0 aliphatic carbocycles. The molecule has 0 saturated carbocycles. The number of methoxy groups -OCH3 is 1. The second kappa shape index (κ2) is 8.37. The Labute approximate surface area is 148 Å². The van der Waals surface area contributed by atoms with Crippen molar-refractivity contribution in [2.24, 2.45) is 5.92 Å². The van der Waals surface area contributed by atoms with E-state index in [2.05, 4.69) is 24.5 Å². The van der Waals surface area contributed by atoms with E-state index in [1.165, 1.54) is 6.92 Å². The average molecular weight is 343 g/mol. The van der Waals surface area contributed by atoms with Gasteiger partial charge in [-0.2, -0.15) is 0 Å². The monoisotopic (exact) mass is 343 g/mol. The summed E-state index contributed by atoms with van der Waals surface area (Å²) in [4.78, 5) is 24.1. The van der Waals surface area contributed by atoms with Crippen LogP contribution in [0.15, 0.2) is 42.7 Å². The Bertz CT molecular complexity index is 724. The van der Waals surface area contributed by atoms with Gasteiger partial charge in [-0.1, -0.05) is 13.8 Å². The van der Waals surface area contributed by atoms with Gasteiger partial charge >= 0.3 is 0 Å². The lowest BCUT2D eigenvalue weighted by Crippen LogP contribution is -2.26. The standard InChI is InChI=1S/C19H25N3O3/c1-13(2)11-17(22-9-5-6-10-22)19(24)21-16-12-15(20-14(3)23)7-8-18(16)25-4/h5-10,12-13,17H,11H2,1-4H3,(H,20,23)(H,21,24)/t17-/m1/s1. The van der Waals surface area contributed by atoms with Gasteiger partial charge in [0.25, 0.3) is 0 Å². The van der Waals surface area contributed by atoms with Crippen LogP contribution in [0.5, 0.6) is 5.75 Å². The maximum absolute atomic E-state index is 12.9. The zero-order valence-corrected chi connectivity index (χ0v) is 15.1. The summed E-state index contributed by atoms with van der Waals surface area (Å²) in [6, 6.07) is 8.63. The Hall–Kier alpha value is -2.76. The maximum atomic E-state index is 12.9. The topological polar surface area (TPSA) is 72.4 Å². The quantitative estimate of drug-likeness (QED) is 0.805. The number of hydrogen-bond donors (Lipinski definition) is 2. The Morgan fingerprint density at radius 2 is 1.84 bits per heavy atom. The number of benzene rings is 1. The Kier molecular flexibility index (Phi) is 6.22. The van der Waals surface area contributed by atoms with E-state index < -0.39 is 0 Å². The number of ether oxygens (including phenoxy) is 1. The molecule has 2 amide bonds. The van der Waals surface area contributed by atoms with Crippen molar-refractivity contribution >= 4 is 23.2 Å². The van der Waals surface area contributed by atoms with Crippen LogP contribution in [-0.2, 0) is 9.59 Å². The van der Waals surface area contributed by atoms with E-state index in [0.717, 1.165) is 0 Å². The summed E-state index contributed by atoms with van der Waals surface area (Å²) in [6.07, 6.45) is 4.49. The minimum atomic E-state index is -0.316.